The molecule has 12 heavy (non-hydrogen) atoms. The summed E-state index contributed by atoms with van der Waals surface area (Å²) in [4.78, 5) is 0. The van der Waals surface area contributed by atoms with Crippen molar-refractivity contribution < 1.29 is 4.74 Å². The van der Waals surface area contributed by atoms with Crippen molar-refractivity contribution in [2.45, 2.75) is 51.2 Å². The standard InChI is InChI=1S/C11H18O/c1-2-3-4-7-5-8-6-9(7)11-10(8)12-11/h7-11H,2-6H2,1H3. The number of hydrogen-bond donors (Lipinski definition) is 0. The smallest absolute Gasteiger partial charge is 0.0875 e. The van der Waals surface area contributed by atoms with Crippen LogP contribution in [0.5, 0.6) is 0 Å². The Kier molecular flexibility index (Phi) is 1.52. The van der Waals surface area contributed by atoms with E-state index in [9.17, 15) is 0 Å². The van der Waals surface area contributed by atoms with Gasteiger partial charge in [-0.25, -0.2) is 0 Å². The molecule has 0 spiro atoms. The molecule has 68 valence electrons. The van der Waals surface area contributed by atoms with E-state index in [1.54, 1.807) is 0 Å². The van der Waals surface area contributed by atoms with Crippen LogP contribution >= 0.6 is 0 Å². The Morgan fingerprint density at radius 3 is 2.83 bits per heavy atom. The minimum atomic E-state index is 0.727. The van der Waals surface area contributed by atoms with Crippen LogP contribution in [0.1, 0.15) is 39.0 Å². The van der Waals surface area contributed by atoms with Crippen LogP contribution in [0.4, 0.5) is 0 Å². The summed E-state index contributed by atoms with van der Waals surface area (Å²) < 4.78 is 5.65. The molecule has 0 N–H and O–H groups in total. The first kappa shape index (κ1) is 7.37. The first-order chi connectivity index (χ1) is 5.90. The van der Waals surface area contributed by atoms with E-state index in [2.05, 4.69) is 6.92 Å². The van der Waals surface area contributed by atoms with Crippen LogP contribution in [-0.2, 0) is 4.74 Å². The van der Waals surface area contributed by atoms with Crippen LogP contribution in [0.2, 0.25) is 0 Å². The molecule has 5 atom stereocenters. The number of ether oxygens (including phenoxy) is 1. The maximum absolute atomic E-state index is 5.65. The lowest BCUT2D eigenvalue weighted by molar-refractivity contribution is 0.245. The maximum atomic E-state index is 5.65. The summed E-state index contributed by atoms with van der Waals surface area (Å²) in [5.41, 5.74) is 0. The van der Waals surface area contributed by atoms with Gasteiger partial charge in [0.1, 0.15) is 0 Å². The molecule has 0 aromatic rings. The minimum absolute atomic E-state index is 0.727. The Balaban J connectivity index is 1.61. The molecule has 0 amide bonds. The SMILES string of the molecule is CCCCC1CC2CC1C1OC21. The molecule has 0 aromatic carbocycles. The number of hydrogen-bond acceptors (Lipinski definition) is 1. The van der Waals surface area contributed by atoms with Gasteiger partial charge in [-0.1, -0.05) is 26.2 Å². The number of fused-ring (bicyclic) bond motifs is 5. The third-order valence-corrected chi connectivity index (χ3v) is 4.16. The quantitative estimate of drug-likeness (QED) is 0.587. The largest absolute Gasteiger partial charge is 0.369 e. The fraction of sp³-hybridized carbons (Fsp3) is 1.00. The van der Waals surface area contributed by atoms with Gasteiger partial charge in [0.15, 0.2) is 0 Å². The molecular weight excluding hydrogens is 148 g/mol. The van der Waals surface area contributed by atoms with Crippen molar-refractivity contribution in [1.82, 2.24) is 0 Å². The van der Waals surface area contributed by atoms with Crippen LogP contribution in [-0.4, -0.2) is 12.2 Å². The molecule has 1 aliphatic heterocycles. The molecule has 1 heteroatoms. The molecule has 2 aliphatic carbocycles. The van der Waals surface area contributed by atoms with Crippen molar-refractivity contribution in [3.63, 3.8) is 0 Å². The van der Waals surface area contributed by atoms with Crippen molar-refractivity contribution in [2.24, 2.45) is 17.8 Å². The van der Waals surface area contributed by atoms with Gasteiger partial charge in [-0.2, -0.15) is 0 Å². The summed E-state index contributed by atoms with van der Waals surface area (Å²) in [6, 6.07) is 0. The van der Waals surface area contributed by atoms with Gasteiger partial charge in [0, 0.05) is 0 Å². The third kappa shape index (κ3) is 0.891. The van der Waals surface area contributed by atoms with E-state index in [1.807, 2.05) is 0 Å². The van der Waals surface area contributed by atoms with E-state index in [0.29, 0.717) is 0 Å². The molecule has 2 bridgehead atoms. The zero-order valence-electron chi connectivity index (χ0n) is 7.83. The fourth-order valence-electron chi connectivity index (χ4n) is 3.53. The van der Waals surface area contributed by atoms with E-state index in [1.165, 1.54) is 32.1 Å². The fourth-order valence-corrected chi connectivity index (χ4v) is 3.53. The van der Waals surface area contributed by atoms with Crippen LogP contribution in [0.15, 0.2) is 0 Å². The van der Waals surface area contributed by atoms with E-state index >= 15 is 0 Å². The van der Waals surface area contributed by atoms with Crippen molar-refractivity contribution in [2.75, 3.05) is 0 Å². The zero-order valence-corrected chi connectivity index (χ0v) is 7.83. The van der Waals surface area contributed by atoms with Gasteiger partial charge in [-0.05, 0) is 30.6 Å². The normalized spacial score (nSPS) is 54.2. The molecule has 5 unspecified atom stereocenters. The molecule has 1 saturated heterocycles. The first-order valence-electron chi connectivity index (χ1n) is 5.55. The third-order valence-electron chi connectivity index (χ3n) is 4.16. The molecule has 3 fully saturated rings. The average molecular weight is 166 g/mol. The lowest BCUT2D eigenvalue weighted by Gasteiger charge is -2.18. The van der Waals surface area contributed by atoms with Gasteiger partial charge in [0.05, 0.1) is 12.2 Å². The van der Waals surface area contributed by atoms with Crippen LogP contribution < -0.4 is 0 Å². The minimum Gasteiger partial charge on any atom is -0.369 e. The van der Waals surface area contributed by atoms with Crippen LogP contribution in [0.25, 0.3) is 0 Å². The van der Waals surface area contributed by atoms with Crippen molar-refractivity contribution in [3.05, 3.63) is 0 Å². The summed E-state index contributed by atoms with van der Waals surface area (Å²) in [5.74, 6) is 2.99. The molecule has 3 aliphatic rings. The Labute approximate surface area is 74.5 Å². The highest BCUT2D eigenvalue weighted by Crippen LogP contribution is 2.59. The predicted octanol–water partition coefficient (Wildman–Crippen LogP) is 2.60. The molecule has 3 rings (SSSR count). The summed E-state index contributed by atoms with van der Waals surface area (Å²) in [6.45, 7) is 2.30. The lowest BCUT2D eigenvalue weighted by Crippen LogP contribution is -2.17. The highest BCUT2D eigenvalue weighted by atomic mass is 16.6. The van der Waals surface area contributed by atoms with Crippen molar-refractivity contribution in [3.8, 4) is 0 Å². The van der Waals surface area contributed by atoms with E-state index in [0.717, 1.165) is 30.0 Å². The van der Waals surface area contributed by atoms with Gasteiger partial charge in [0.25, 0.3) is 0 Å². The Hall–Kier alpha value is -0.0400. The zero-order chi connectivity index (χ0) is 8.13. The highest BCUT2D eigenvalue weighted by molar-refractivity contribution is 5.10. The van der Waals surface area contributed by atoms with Gasteiger partial charge < -0.3 is 4.74 Å². The lowest BCUT2D eigenvalue weighted by atomic mass is 9.85. The molecule has 1 heterocycles. The second-order valence-corrected chi connectivity index (χ2v) is 4.86. The van der Waals surface area contributed by atoms with Crippen LogP contribution in [0, 0.1) is 17.8 Å². The molecule has 2 saturated carbocycles. The summed E-state index contributed by atoms with van der Waals surface area (Å²) >= 11 is 0. The average Bonchev–Trinajstić information content (AvgIpc) is 2.71. The maximum Gasteiger partial charge on any atom is 0.0875 e. The van der Waals surface area contributed by atoms with Gasteiger partial charge in [0.2, 0.25) is 0 Å². The highest BCUT2D eigenvalue weighted by Gasteiger charge is 2.62. The molecular formula is C11H18O. The van der Waals surface area contributed by atoms with E-state index < -0.39 is 0 Å². The van der Waals surface area contributed by atoms with E-state index in [4.69, 9.17) is 4.74 Å². The second kappa shape index (κ2) is 2.47. The van der Waals surface area contributed by atoms with Crippen LogP contribution in [0.3, 0.4) is 0 Å². The van der Waals surface area contributed by atoms with E-state index in [-0.39, 0.29) is 0 Å². The summed E-state index contributed by atoms with van der Waals surface area (Å²) in [5, 5.41) is 0. The van der Waals surface area contributed by atoms with Gasteiger partial charge in [-0.15, -0.1) is 0 Å². The van der Waals surface area contributed by atoms with Gasteiger partial charge >= 0.3 is 0 Å². The molecule has 0 radical (unpaired) electrons. The summed E-state index contributed by atoms with van der Waals surface area (Å²) in [6.07, 6.45) is 8.73. The Morgan fingerprint density at radius 2 is 2.17 bits per heavy atom. The van der Waals surface area contributed by atoms with Crippen molar-refractivity contribution in [1.29, 1.82) is 0 Å². The molecule has 1 nitrogen and oxygen atoms in total. The number of rotatable bonds is 3. The first-order valence-corrected chi connectivity index (χ1v) is 5.55. The monoisotopic (exact) mass is 166 g/mol. The van der Waals surface area contributed by atoms with Gasteiger partial charge in [-0.3, -0.25) is 0 Å². The summed E-state index contributed by atoms with van der Waals surface area (Å²) in [7, 11) is 0. The topological polar surface area (TPSA) is 12.5 Å². The van der Waals surface area contributed by atoms with Crippen molar-refractivity contribution >= 4 is 0 Å². The predicted molar refractivity (Wildman–Crippen MR) is 47.9 cm³/mol. The second-order valence-electron chi connectivity index (χ2n) is 4.86. The number of epoxide rings is 1. The molecule has 0 aromatic heterocycles. The Bertz CT molecular complexity index is 189. The Morgan fingerprint density at radius 1 is 1.25 bits per heavy atom. The number of unbranched alkanes of at least 4 members (excludes halogenated alkanes) is 1.